The second kappa shape index (κ2) is 10.0. The summed E-state index contributed by atoms with van der Waals surface area (Å²) in [4.78, 5) is 12.1. The minimum atomic E-state index is -0.448. The van der Waals surface area contributed by atoms with Crippen molar-refractivity contribution in [1.29, 1.82) is 5.26 Å². The third-order valence-corrected chi connectivity index (χ3v) is 4.18. The SMILES string of the molecule is COc1cc(/C=C(/C#N)C(=O)NC(C)C)cc(Cl)c1OCc1ccc(Cl)cc1. The minimum absolute atomic E-state index is 0.0262. The molecular formula is C21H20Cl2N2O3. The van der Waals surface area contributed by atoms with Gasteiger partial charge in [-0.1, -0.05) is 35.3 Å². The number of nitrogens with one attached hydrogen (secondary N) is 1. The van der Waals surface area contributed by atoms with Crippen molar-refractivity contribution in [3.8, 4) is 17.6 Å². The summed E-state index contributed by atoms with van der Waals surface area (Å²) in [6.07, 6.45) is 1.45. The van der Waals surface area contributed by atoms with Gasteiger partial charge >= 0.3 is 0 Å². The lowest BCUT2D eigenvalue weighted by Crippen LogP contribution is -2.30. The third-order valence-electron chi connectivity index (χ3n) is 3.64. The van der Waals surface area contributed by atoms with E-state index in [0.29, 0.717) is 27.1 Å². The Morgan fingerprint density at radius 1 is 1.25 bits per heavy atom. The summed E-state index contributed by atoms with van der Waals surface area (Å²) in [6, 6.07) is 12.4. The van der Waals surface area contributed by atoms with Crippen LogP contribution < -0.4 is 14.8 Å². The number of nitriles is 1. The van der Waals surface area contributed by atoms with Gasteiger partial charge in [0.25, 0.3) is 5.91 Å². The Labute approximate surface area is 174 Å². The van der Waals surface area contributed by atoms with Crippen LogP contribution in [0, 0.1) is 11.3 Å². The summed E-state index contributed by atoms with van der Waals surface area (Å²) in [5.74, 6) is 0.325. The predicted molar refractivity (Wildman–Crippen MR) is 111 cm³/mol. The molecule has 2 aromatic carbocycles. The van der Waals surface area contributed by atoms with E-state index in [4.69, 9.17) is 32.7 Å². The van der Waals surface area contributed by atoms with Gasteiger partial charge in [0.1, 0.15) is 18.2 Å². The molecule has 0 fully saturated rings. The van der Waals surface area contributed by atoms with Crippen LogP contribution >= 0.6 is 23.2 Å². The number of nitrogens with zero attached hydrogens (tertiary/aromatic N) is 1. The third kappa shape index (κ3) is 5.91. The molecule has 0 unspecified atom stereocenters. The van der Waals surface area contributed by atoms with Crippen molar-refractivity contribution in [3.63, 3.8) is 0 Å². The van der Waals surface area contributed by atoms with Crippen LogP contribution in [-0.4, -0.2) is 19.1 Å². The smallest absolute Gasteiger partial charge is 0.262 e. The van der Waals surface area contributed by atoms with Crippen LogP contribution in [-0.2, 0) is 11.4 Å². The molecule has 0 saturated heterocycles. The van der Waals surface area contributed by atoms with Gasteiger partial charge in [0.2, 0.25) is 0 Å². The number of methoxy groups -OCH3 is 1. The van der Waals surface area contributed by atoms with E-state index in [1.807, 2.05) is 32.0 Å². The van der Waals surface area contributed by atoms with Gasteiger partial charge in [0.05, 0.1) is 12.1 Å². The van der Waals surface area contributed by atoms with Crippen molar-refractivity contribution in [2.75, 3.05) is 7.11 Å². The molecule has 2 aromatic rings. The molecule has 0 aliphatic heterocycles. The Balaban J connectivity index is 2.27. The van der Waals surface area contributed by atoms with Crippen LogP contribution in [0.4, 0.5) is 0 Å². The maximum Gasteiger partial charge on any atom is 0.262 e. The van der Waals surface area contributed by atoms with Crippen LogP contribution in [0.3, 0.4) is 0 Å². The average molecular weight is 419 g/mol. The molecule has 0 atom stereocenters. The molecule has 0 aliphatic carbocycles. The summed E-state index contributed by atoms with van der Waals surface area (Å²) in [6.45, 7) is 3.92. The summed E-state index contributed by atoms with van der Waals surface area (Å²) >= 11 is 12.2. The van der Waals surface area contributed by atoms with Crippen molar-refractivity contribution in [2.45, 2.75) is 26.5 Å². The Morgan fingerprint density at radius 3 is 2.50 bits per heavy atom. The van der Waals surface area contributed by atoms with Gasteiger partial charge in [-0.15, -0.1) is 0 Å². The topological polar surface area (TPSA) is 71.3 Å². The number of ether oxygens (including phenoxy) is 2. The van der Waals surface area contributed by atoms with Gasteiger partial charge in [-0.3, -0.25) is 4.79 Å². The lowest BCUT2D eigenvalue weighted by molar-refractivity contribution is -0.117. The van der Waals surface area contributed by atoms with Gasteiger partial charge < -0.3 is 14.8 Å². The summed E-state index contributed by atoms with van der Waals surface area (Å²) in [5, 5.41) is 12.9. The quantitative estimate of drug-likeness (QED) is 0.506. The van der Waals surface area contributed by atoms with Crippen molar-refractivity contribution >= 4 is 35.2 Å². The Morgan fingerprint density at radius 2 is 1.93 bits per heavy atom. The van der Waals surface area contributed by atoms with Gasteiger partial charge in [0, 0.05) is 11.1 Å². The fraction of sp³-hybridized carbons (Fsp3) is 0.238. The molecule has 0 bridgehead atoms. The van der Waals surface area contributed by atoms with E-state index >= 15 is 0 Å². The fourth-order valence-corrected chi connectivity index (χ4v) is 2.75. The van der Waals surface area contributed by atoms with Crippen molar-refractivity contribution in [1.82, 2.24) is 5.32 Å². The van der Waals surface area contributed by atoms with Gasteiger partial charge in [-0.05, 0) is 55.3 Å². The van der Waals surface area contributed by atoms with E-state index in [9.17, 15) is 10.1 Å². The first-order chi connectivity index (χ1) is 13.3. The normalized spacial score (nSPS) is 11.1. The highest BCUT2D eigenvalue weighted by Gasteiger charge is 2.14. The van der Waals surface area contributed by atoms with Crippen LogP contribution in [0.15, 0.2) is 42.0 Å². The van der Waals surface area contributed by atoms with E-state index in [0.717, 1.165) is 5.56 Å². The molecule has 1 N–H and O–H groups in total. The Bertz CT molecular complexity index is 916. The first-order valence-corrected chi connectivity index (χ1v) is 9.27. The van der Waals surface area contributed by atoms with Crippen LogP contribution in [0.1, 0.15) is 25.0 Å². The predicted octanol–water partition coefficient (Wildman–Crippen LogP) is 5.01. The number of carbonyl (C=O) groups excluding carboxylic acids is 1. The summed E-state index contributed by atoms with van der Waals surface area (Å²) in [5.41, 5.74) is 1.45. The fourth-order valence-electron chi connectivity index (χ4n) is 2.35. The summed E-state index contributed by atoms with van der Waals surface area (Å²) < 4.78 is 11.2. The molecule has 0 radical (unpaired) electrons. The standard InChI is InChI=1S/C21H20Cl2N2O3/c1-13(2)25-21(26)16(11-24)8-15-9-18(23)20(19(10-15)27-3)28-12-14-4-6-17(22)7-5-14/h4-10,13H,12H2,1-3H3,(H,25,26)/b16-8-. The highest BCUT2D eigenvalue weighted by atomic mass is 35.5. The maximum absolute atomic E-state index is 12.1. The maximum atomic E-state index is 12.1. The number of hydrogen-bond donors (Lipinski definition) is 1. The second-order valence-corrected chi connectivity index (χ2v) is 7.09. The number of rotatable bonds is 7. The van der Waals surface area contributed by atoms with E-state index < -0.39 is 5.91 Å². The van der Waals surface area contributed by atoms with Crippen LogP contribution in [0.25, 0.3) is 6.08 Å². The highest BCUT2D eigenvalue weighted by Crippen LogP contribution is 2.37. The van der Waals surface area contributed by atoms with E-state index in [-0.39, 0.29) is 18.2 Å². The van der Waals surface area contributed by atoms with Crippen molar-refractivity contribution in [3.05, 3.63) is 63.1 Å². The monoisotopic (exact) mass is 418 g/mol. The van der Waals surface area contributed by atoms with E-state index in [2.05, 4.69) is 5.32 Å². The molecule has 2 rings (SSSR count). The van der Waals surface area contributed by atoms with E-state index in [1.165, 1.54) is 13.2 Å². The lowest BCUT2D eigenvalue weighted by atomic mass is 10.1. The van der Waals surface area contributed by atoms with E-state index in [1.54, 1.807) is 24.3 Å². The molecule has 28 heavy (non-hydrogen) atoms. The average Bonchev–Trinajstić information content (AvgIpc) is 2.65. The zero-order valence-corrected chi connectivity index (χ0v) is 17.3. The number of carbonyl (C=O) groups is 1. The molecule has 0 heterocycles. The first-order valence-electron chi connectivity index (χ1n) is 8.51. The highest BCUT2D eigenvalue weighted by molar-refractivity contribution is 6.32. The number of halogens is 2. The molecule has 7 heteroatoms. The van der Waals surface area contributed by atoms with Gasteiger partial charge in [-0.25, -0.2) is 0 Å². The molecule has 146 valence electrons. The Hall–Kier alpha value is -2.68. The van der Waals surface area contributed by atoms with Crippen LogP contribution in [0.5, 0.6) is 11.5 Å². The zero-order valence-electron chi connectivity index (χ0n) is 15.8. The largest absolute Gasteiger partial charge is 0.493 e. The van der Waals surface area contributed by atoms with Crippen molar-refractivity contribution in [2.24, 2.45) is 0 Å². The zero-order chi connectivity index (χ0) is 20.7. The van der Waals surface area contributed by atoms with Crippen LogP contribution in [0.2, 0.25) is 10.0 Å². The van der Waals surface area contributed by atoms with Crippen molar-refractivity contribution < 1.29 is 14.3 Å². The molecule has 0 aromatic heterocycles. The lowest BCUT2D eigenvalue weighted by Gasteiger charge is -2.14. The molecule has 0 saturated carbocycles. The van der Waals surface area contributed by atoms with Gasteiger partial charge in [-0.2, -0.15) is 5.26 Å². The summed E-state index contributed by atoms with van der Waals surface area (Å²) in [7, 11) is 1.49. The Kier molecular flexibility index (Phi) is 7.74. The second-order valence-electron chi connectivity index (χ2n) is 6.25. The number of benzene rings is 2. The molecule has 1 amide bonds. The molecule has 0 aliphatic rings. The van der Waals surface area contributed by atoms with Gasteiger partial charge in [0.15, 0.2) is 11.5 Å². The molecule has 0 spiro atoms. The minimum Gasteiger partial charge on any atom is -0.493 e. The number of hydrogen-bond acceptors (Lipinski definition) is 4. The molecular weight excluding hydrogens is 399 g/mol. The first kappa shape index (κ1) is 21.6. The number of amides is 1. The molecule has 5 nitrogen and oxygen atoms in total.